The minimum absolute atomic E-state index is 0.266. The summed E-state index contributed by atoms with van der Waals surface area (Å²) >= 11 is 0. The molecule has 2 unspecified atom stereocenters. The largest absolute Gasteiger partial charge is 0.497 e. The summed E-state index contributed by atoms with van der Waals surface area (Å²) in [6.07, 6.45) is -4.16. The minimum atomic E-state index is -4.56. The van der Waals surface area contributed by atoms with Crippen LogP contribution in [0, 0.1) is 0 Å². The van der Waals surface area contributed by atoms with E-state index in [-0.39, 0.29) is 13.0 Å². The van der Waals surface area contributed by atoms with Crippen molar-refractivity contribution in [2.24, 2.45) is 0 Å². The third kappa shape index (κ3) is 4.10. The third-order valence-electron chi connectivity index (χ3n) is 3.53. The van der Waals surface area contributed by atoms with Crippen molar-refractivity contribution in [1.82, 2.24) is 0 Å². The van der Waals surface area contributed by atoms with Crippen molar-refractivity contribution in [3.8, 4) is 11.5 Å². The zero-order chi connectivity index (χ0) is 17.0. The first-order valence-corrected chi connectivity index (χ1v) is 7.18. The number of methoxy groups -OCH3 is 2. The average Bonchev–Trinajstić information content (AvgIpc) is 2.53. The fourth-order valence-corrected chi connectivity index (χ4v) is 2.48. The van der Waals surface area contributed by atoms with Crippen LogP contribution < -0.4 is 9.47 Å². The summed E-state index contributed by atoms with van der Waals surface area (Å²) < 4.78 is 59.7. The molecule has 1 aromatic rings. The Kier molecular flexibility index (Phi) is 5.41. The van der Waals surface area contributed by atoms with Crippen molar-refractivity contribution in [2.75, 3.05) is 20.8 Å². The molecule has 0 saturated carbocycles. The van der Waals surface area contributed by atoms with Crippen molar-refractivity contribution in [1.29, 1.82) is 0 Å². The molecule has 0 aliphatic carbocycles. The molecule has 128 valence electrons. The van der Waals surface area contributed by atoms with Gasteiger partial charge in [-0.05, 0) is 19.1 Å². The third-order valence-corrected chi connectivity index (χ3v) is 3.53. The van der Waals surface area contributed by atoms with Crippen molar-refractivity contribution in [3.63, 3.8) is 0 Å². The van der Waals surface area contributed by atoms with Crippen LogP contribution >= 0.6 is 0 Å². The van der Waals surface area contributed by atoms with Gasteiger partial charge in [-0.3, -0.25) is 0 Å². The van der Waals surface area contributed by atoms with E-state index in [9.17, 15) is 13.2 Å². The van der Waals surface area contributed by atoms with Crippen LogP contribution in [-0.4, -0.2) is 33.3 Å². The van der Waals surface area contributed by atoms with Gasteiger partial charge >= 0.3 is 6.18 Å². The van der Waals surface area contributed by atoms with E-state index in [4.69, 9.17) is 18.9 Å². The molecular weight excluding hydrogens is 313 g/mol. The molecule has 4 nitrogen and oxygen atoms in total. The second-order valence-electron chi connectivity index (χ2n) is 4.98. The molecule has 0 N–H and O–H groups in total. The molecule has 1 heterocycles. The van der Waals surface area contributed by atoms with E-state index < -0.39 is 24.1 Å². The summed E-state index contributed by atoms with van der Waals surface area (Å²) in [5.41, 5.74) is 0.628. The molecule has 0 bridgehead atoms. The minimum Gasteiger partial charge on any atom is -0.497 e. The van der Waals surface area contributed by atoms with Crippen LogP contribution in [0.2, 0.25) is 0 Å². The van der Waals surface area contributed by atoms with E-state index in [1.807, 2.05) is 0 Å². The van der Waals surface area contributed by atoms with Crippen molar-refractivity contribution < 1.29 is 32.1 Å². The highest BCUT2D eigenvalue weighted by Crippen LogP contribution is 2.41. The second kappa shape index (κ2) is 7.12. The number of ether oxygens (including phenoxy) is 4. The van der Waals surface area contributed by atoms with Gasteiger partial charge in [-0.1, -0.05) is 6.07 Å². The first-order valence-electron chi connectivity index (χ1n) is 7.18. The Hall–Kier alpha value is -1.89. The normalized spacial score (nSPS) is 21.4. The van der Waals surface area contributed by atoms with Gasteiger partial charge in [0.15, 0.2) is 5.76 Å². The molecule has 0 saturated heterocycles. The summed E-state index contributed by atoms with van der Waals surface area (Å²) in [6, 6.07) is 5.02. The van der Waals surface area contributed by atoms with E-state index in [1.165, 1.54) is 14.2 Å². The second-order valence-corrected chi connectivity index (χ2v) is 4.98. The molecule has 1 aliphatic rings. The molecule has 0 fully saturated rings. The number of benzene rings is 1. The molecule has 2 rings (SSSR count). The zero-order valence-corrected chi connectivity index (χ0v) is 13.1. The Balaban J connectivity index is 2.39. The Bertz CT molecular complexity index is 569. The van der Waals surface area contributed by atoms with Crippen LogP contribution in [0.1, 0.15) is 24.8 Å². The monoisotopic (exact) mass is 332 g/mol. The highest BCUT2D eigenvalue weighted by molar-refractivity contribution is 5.44. The highest BCUT2D eigenvalue weighted by Gasteiger charge is 2.41. The average molecular weight is 332 g/mol. The number of rotatable bonds is 5. The van der Waals surface area contributed by atoms with E-state index in [0.29, 0.717) is 17.1 Å². The van der Waals surface area contributed by atoms with E-state index in [2.05, 4.69) is 0 Å². The van der Waals surface area contributed by atoms with Crippen molar-refractivity contribution in [2.45, 2.75) is 31.7 Å². The number of hydrogen-bond donors (Lipinski definition) is 0. The van der Waals surface area contributed by atoms with Gasteiger partial charge < -0.3 is 18.9 Å². The molecule has 1 aliphatic heterocycles. The summed E-state index contributed by atoms with van der Waals surface area (Å²) in [7, 11) is 2.97. The predicted octanol–water partition coefficient (Wildman–Crippen LogP) is 4.02. The van der Waals surface area contributed by atoms with Crippen LogP contribution in [0.25, 0.3) is 0 Å². The first kappa shape index (κ1) is 17.5. The number of allylic oxidation sites excluding steroid dienone is 2. The number of hydrogen-bond acceptors (Lipinski definition) is 4. The summed E-state index contributed by atoms with van der Waals surface area (Å²) in [5.74, 6) is -0.536. The highest BCUT2D eigenvalue weighted by atomic mass is 19.4. The smallest absolute Gasteiger partial charge is 0.448 e. The Morgan fingerprint density at radius 2 is 1.96 bits per heavy atom. The van der Waals surface area contributed by atoms with Crippen molar-refractivity contribution in [3.05, 3.63) is 35.6 Å². The maximum Gasteiger partial charge on any atom is 0.448 e. The fourth-order valence-electron chi connectivity index (χ4n) is 2.48. The summed E-state index contributed by atoms with van der Waals surface area (Å²) in [5, 5.41) is 0. The Labute approximate surface area is 132 Å². The lowest BCUT2D eigenvalue weighted by molar-refractivity contribution is -0.194. The lowest BCUT2D eigenvalue weighted by Crippen LogP contribution is -2.29. The number of alkyl halides is 3. The molecule has 0 radical (unpaired) electrons. The van der Waals surface area contributed by atoms with Crippen LogP contribution in [0.15, 0.2) is 30.0 Å². The van der Waals surface area contributed by atoms with Gasteiger partial charge in [-0.25, -0.2) is 0 Å². The fraction of sp³-hybridized carbons (Fsp3) is 0.500. The maximum atomic E-state index is 13.0. The van der Waals surface area contributed by atoms with Crippen LogP contribution in [0.5, 0.6) is 11.5 Å². The maximum absolute atomic E-state index is 13.0. The molecule has 0 aromatic heterocycles. The summed E-state index contributed by atoms with van der Waals surface area (Å²) in [6.45, 7) is 1.97. The molecule has 0 amide bonds. The van der Waals surface area contributed by atoms with Gasteiger partial charge in [0.05, 0.1) is 14.2 Å². The lowest BCUT2D eigenvalue weighted by Gasteiger charge is -2.30. The van der Waals surface area contributed by atoms with Gasteiger partial charge in [0, 0.05) is 30.6 Å². The van der Waals surface area contributed by atoms with Gasteiger partial charge in [-0.2, -0.15) is 13.2 Å². The van der Waals surface area contributed by atoms with Crippen LogP contribution in [0.4, 0.5) is 13.2 Å². The topological polar surface area (TPSA) is 36.9 Å². The molecule has 23 heavy (non-hydrogen) atoms. The molecule has 2 atom stereocenters. The SMILES string of the molecule is CCOC1CC(c2ccc(OC)cc2OC)C=C(C(F)(F)F)O1. The Morgan fingerprint density at radius 1 is 1.22 bits per heavy atom. The van der Waals surface area contributed by atoms with Gasteiger partial charge in [0.25, 0.3) is 0 Å². The lowest BCUT2D eigenvalue weighted by atomic mass is 9.92. The molecule has 1 aromatic carbocycles. The first-order chi connectivity index (χ1) is 10.9. The van der Waals surface area contributed by atoms with E-state index in [1.54, 1.807) is 25.1 Å². The molecular formula is C16H19F3O4. The Morgan fingerprint density at radius 3 is 2.52 bits per heavy atom. The molecule has 7 heteroatoms. The van der Waals surface area contributed by atoms with Gasteiger partial charge in [0.2, 0.25) is 6.29 Å². The number of halogens is 3. The van der Waals surface area contributed by atoms with E-state index >= 15 is 0 Å². The predicted molar refractivity (Wildman–Crippen MR) is 77.5 cm³/mol. The standard InChI is InChI=1S/C16H19F3O4/c1-4-22-15-8-10(7-14(23-15)16(17,18)19)12-6-5-11(20-2)9-13(12)21-3/h5-7,9-10,15H,4,8H2,1-3H3. The summed E-state index contributed by atoms with van der Waals surface area (Å²) in [4.78, 5) is 0. The van der Waals surface area contributed by atoms with Crippen molar-refractivity contribution >= 4 is 0 Å². The van der Waals surface area contributed by atoms with Crippen LogP contribution in [-0.2, 0) is 9.47 Å². The van der Waals surface area contributed by atoms with E-state index in [0.717, 1.165) is 6.08 Å². The quantitative estimate of drug-likeness (QED) is 0.816. The molecule has 0 spiro atoms. The zero-order valence-electron chi connectivity index (χ0n) is 13.1. The van der Waals surface area contributed by atoms with Gasteiger partial charge in [0.1, 0.15) is 11.5 Å². The van der Waals surface area contributed by atoms with Gasteiger partial charge in [-0.15, -0.1) is 0 Å². The van der Waals surface area contributed by atoms with Crippen LogP contribution in [0.3, 0.4) is 0 Å².